The number of aromatic amines is 1. The normalized spacial score (nSPS) is 20.2. The Bertz CT molecular complexity index is 595. The third-order valence-electron chi connectivity index (χ3n) is 3.16. The molecule has 0 bridgehead atoms. The first-order chi connectivity index (χ1) is 8.28. The Kier molecular flexibility index (Phi) is 2.72. The summed E-state index contributed by atoms with van der Waals surface area (Å²) >= 11 is 5.35. The molecular formula is C12H15N3OS. The molecule has 1 fully saturated rings. The predicted molar refractivity (Wildman–Crippen MR) is 67.7 cm³/mol. The molecule has 0 spiro atoms. The molecule has 90 valence electrons. The number of hydrogen-bond acceptors (Lipinski definition) is 3. The average molecular weight is 249 g/mol. The zero-order valence-electron chi connectivity index (χ0n) is 9.77. The van der Waals surface area contributed by atoms with Crippen molar-refractivity contribution in [1.82, 2.24) is 14.6 Å². The molecule has 2 aromatic heterocycles. The first-order valence-corrected chi connectivity index (χ1v) is 6.42. The summed E-state index contributed by atoms with van der Waals surface area (Å²) < 4.78 is 8.29. The van der Waals surface area contributed by atoms with Crippen LogP contribution in [0, 0.1) is 4.64 Å². The van der Waals surface area contributed by atoms with Crippen LogP contribution in [0.4, 0.5) is 0 Å². The summed E-state index contributed by atoms with van der Waals surface area (Å²) in [5.41, 5.74) is 3.00. The number of nitrogens with zero attached hydrogens (tertiary/aromatic N) is 2. The van der Waals surface area contributed by atoms with E-state index >= 15 is 0 Å². The van der Waals surface area contributed by atoms with Gasteiger partial charge in [-0.15, -0.1) is 0 Å². The second-order valence-electron chi connectivity index (χ2n) is 4.35. The molecule has 1 N–H and O–H groups in total. The highest BCUT2D eigenvalue weighted by Gasteiger charge is 2.20. The maximum absolute atomic E-state index is 5.66. The highest BCUT2D eigenvalue weighted by molar-refractivity contribution is 7.71. The van der Waals surface area contributed by atoms with Gasteiger partial charge in [-0.1, -0.05) is 19.1 Å². The summed E-state index contributed by atoms with van der Waals surface area (Å²) in [4.78, 5) is 4.56. The first-order valence-electron chi connectivity index (χ1n) is 6.01. The summed E-state index contributed by atoms with van der Waals surface area (Å²) in [6, 6.07) is 3.99. The number of nitrogens with one attached hydrogen (secondary N) is 1. The van der Waals surface area contributed by atoms with E-state index in [0.29, 0.717) is 0 Å². The van der Waals surface area contributed by atoms with E-state index in [1.165, 1.54) is 0 Å². The van der Waals surface area contributed by atoms with Crippen molar-refractivity contribution in [2.45, 2.75) is 32.3 Å². The molecule has 3 heterocycles. The number of aryl methyl sites for hydroxylation is 1. The van der Waals surface area contributed by atoms with Crippen LogP contribution in [0.15, 0.2) is 12.1 Å². The van der Waals surface area contributed by atoms with Gasteiger partial charge >= 0.3 is 0 Å². The Balaban J connectivity index is 2.11. The van der Waals surface area contributed by atoms with E-state index < -0.39 is 0 Å². The molecule has 1 saturated heterocycles. The van der Waals surface area contributed by atoms with E-state index in [0.717, 1.165) is 47.5 Å². The fourth-order valence-electron chi connectivity index (χ4n) is 2.23. The maximum atomic E-state index is 5.66. The van der Waals surface area contributed by atoms with Gasteiger partial charge in [-0.25, -0.2) is 9.50 Å². The number of rotatable bonds is 2. The van der Waals surface area contributed by atoms with Crippen molar-refractivity contribution < 1.29 is 4.74 Å². The van der Waals surface area contributed by atoms with Crippen LogP contribution < -0.4 is 0 Å². The first kappa shape index (κ1) is 10.9. The minimum absolute atomic E-state index is 0.177. The molecule has 5 heteroatoms. The Morgan fingerprint density at radius 2 is 2.47 bits per heavy atom. The molecule has 17 heavy (non-hydrogen) atoms. The molecule has 3 rings (SSSR count). The molecular weight excluding hydrogens is 234 g/mol. The summed E-state index contributed by atoms with van der Waals surface area (Å²) in [5.74, 6) is 0. The van der Waals surface area contributed by atoms with Crippen LogP contribution in [-0.4, -0.2) is 21.2 Å². The molecule has 2 aromatic rings. The minimum atomic E-state index is 0.177. The second kappa shape index (κ2) is 4.23. The van der Waals surface area contributed by atoms with Gasteiger partial charge < -0.3 is 4.74 Å². The zero-order valence-corrected chi connectivity index (χ0v) is 10.6. The van der Waals surface area contributed by atoms with Gasteiger partial charge in [0.15, 0.2) is 5.65 Å². The van der Waals surface area contributed by atoms with Crippen LogP contribution in [0.2, 0.25) is 0 Å². The van der Waals surface area contributed by atoms with Crippen LogP contribution in [0.1, 0.15) is 37.3 Å². The summed E-state index contributed by atoms with van der Waals surface area (Å²) in [6.07, 6.45) is 3.27. The number of ether oxygens (including phenoxy) is 1. The van der Waals surface area contributed by atoms with Crippen molar-refractivity contribution in [2.75, 3.05) is 6.61 Å². The van der Waals surface area contributed by atoms with Gasteiger partial charge in [-0.05, 0) is 25.3 Å². The molecule has 1 aliphatic heterocycles. The van der Waals surface area contributed by atoms with Crippen LogP contribution in [0.25, 0.3) is 5.65 Å². The average Bonchev–Trinajstić information content (AvgIpc) is 2.96. The highest BCUT2D eigenvalue weighted by atomic mass is 32.1. The van der Waals surface area contributed by atoms with Crippen molar-refractivity contribution in [3.05, 3.63) is 28.2 Å². The zero-order chi connectivity index (χ0) is 11.8. The molecule has 1 aliphatic rings. The van der Waals surface area contributed by atoms with Crippen molar-refractivity contribution in [3.8, 4) is 0 Å². The van der Waals surface area contributed by atoms with Crippen LogP contribution in [0.5, 0.6) is 0 Å². The Hall–Kier alpha value is -1.20. The van der Waals surface area contributed by atoms with E-state index in [4.69, 9.17) is 17.0 Å². The Morgan fingerprint density at radius 1 is 1.59 bits per heavy atom. The lowest BCUT2D eigenvalue weighted by Crippen LogP contribution is -1.98. The van der Waals surface area contributed by atoms with Crippen molar-refractivity contribution in [3.63, 3.8) is 0 Å². The number of H-pyrrole nitrogens is 1. The van der Waals surface area contributed by atoms with Crippen LogP contribution in [-0.2, 0) is 11.2 Å². The van der Waals surface area contributed by atoms with E-state index in [1.807, 2.05) is 16.6 Å². The monoisotopic (exact) mass is 249 g/mol. The van der Waals surface area contributed by atoms with E-state index in [9.17, 15) is 0 Å². The quantitative estimate of drug-likeness (QED) is 0.832. The lowest BCUT2D eigenvalue weighted by molar-refractivity contribution is 0.108. The van der Waals surface area contributed by atoms with Crippen LogP contribution in [0.3, 0.4) is 0 Å². The third kappa shape index (κ3) is 1.89. The fourth-order valence-corrected chi connectivity index (χ4v) is 2.50. The molecule has 0 aromatic carbocycles. The van der Waals surface area contributed by atoms with E-state index in [2.05, 4.69) is 17.0 Å². The van der Waals surface area contributed by atoms with Gasteiger partial charge in [0.2, 0.25) is 0 Å². The molecule has 1 unspecified atom stereocenters. The second-order valence-corrected chi connectivity index (χ2v) is 4.76. The van der Waals surface area contributed by atoms with Gasteiger partial charge in [0.25, 0.3) is 0 Å². The molecule has 0 radical (unpaired) electrons. The Labute approximate surface area is 105 Å². The third-order valence-corrected chi connectivity index (χ3v) is 3.46. The number of hydrogen-bond donors (Lipinski definition) is 1. The number of fused-ring (bicyclic) bond motifs is 1. The fraction of sp³-hybridized carbons (Fsp3) is 0.500. The highest BCUT2D eigenvalue weighted by Crippen LogP contribution is 2.27. The summed E-state index contributed by atoms with van der Waals surface area (Å²) in [6.45, 7) is 2.93. The predicted octanol–water partition coefficient (Wildman–Crippen LogP) is 2.81. The largest absolute Gasteiger partial charge is 0.372 e. The number of aromatic nitrogens is 3. The van der Waals surface area contributed by atoms with Gasteiger partial charge in [-0.2, -0.15) is 0 Å². The van der Waals surface area contributed by atoms with Crippen LogP contribution >= 0.6 is 12.2 Å². The minimum Gasteiger partial charge on any atom is -0.372 e. The van der Waals surface area contributed by atoms with Crippen molar-refractivity contribution in [2.24, 2.45) is 0 Å². The van der Waals surface area contributed by atoms with E-state index in [1.54, 1.807) is 0 Å². The molecule has 4 nitrogen and oxygen atoms in total. The lowest BCUT2D eigenvalue weighted by Gasteiger charge is -2.04. The van der Waals surface area contributed by atoms with Gasteiger partial charge in [-0.3, -0.25) is 5.10 Å². The lowest BCUT2D eigenvalue weighted by atomic mass is 10.2. The van der Waals surface area contributed by atoms with Crippen molar-refractivity contribution in [1.29, 1.82) is 0 Å². The molecule has 0 aliphatic carbocycles. The molecule has 1 atom stereocenters. The summed E-state index contributed by atoms with van der Waals surface area (Å²) in [5, 5.41) is 3.28. The van der Waals surface area contributed by atoms with E-state index in [-0.39, 0.29) is 6.10 Å². The van der Waals surface area contributed by atoms with Gasteiger partial charge in [0.1, 0.15) is 4.64 Å². The smallest absolute Gasteiger partial charge is 0.154 e. The standard InChI is InChI=1S/C12H15N3OS/c1-2-8-6-12(17)15-11(13-8)7-9(14-15)10-4-3-5-16-10/h6-7,10,14H,2-5H2,1H3. The Morgan fingerprint density at radius 3 is 3.18 bits per heavy atom. The van der Waals surface area contributed by atoms with Crippen molar-refractivity contribution >= 4 is 17.9 Å². The van der Waals surface area contributed by atoms with Gasteiger partial charge in [0, 0.05) is 18.4 Å². The van der Waals surface area contributed by atoms with Gasteiger partial charge in [0.05, 0.1) is 11.8 Å². The maximum Gasteiger partial charge on any atom is 0.154 e. The SMILES string of the molecule is CCc1cc(=S)n2[nH]c(C3CCCO3)cc2n1. The molecule has 0 amide bonds. The summed E-state index contributed by atoms with van der Waals surface area (Å²) in [7, 11) is 0. The topological polar surface area (TPSA) is 42.3 Å². The molecule has 0 saturated carbocycles.